The molecule has 5 unspecified atom stereocenters. The van der Waals surface area contributed by atoms with Gasteiger partial charge in [0, 0.05) is 12.6 Å². The Bertz CT molecular complexity index is 250. The number of hydrogen-bond donors (Lipinski definition) is 1. The minimum Gasteiger partial charge on any atom is -0.377 e. The fraction of sp³-hybridized carbons (Fsp3) is 1.00. The maximum absolute atomic E-state index is 6.09. The van der Waals surface area contributed by atoms with Crippen LogP contribution >= 0.6 is 0 Å². The fourth-order valence-corrected chi connectivity index (χ4v) is 3.88. The number of nitrogens with one attached hydrogen (secondary N) is 1. The highest BCUT2D eigenvalue weighted by Crippen LogP contribution is 2.37. The summed E-state index contributed by atoms with van der Waals surface area (Å²) in [6.45, 7) is 9.25. The van der Waals surface area contributed by atoms with E-state index in [1.165, 1.54) is 44.9 Å². The Hall–Kier alpha value is -0.0800. The normalized spacial score (nSPS) is 38.1. The molecular formula is C17H33NO. The number of ether oxygens (including phenoxy) is 1. The standard InChI is InChI=1S/C17H33NO/c1-4-10-18-17(16-7-5-6-11-19-16)15-9-8-13(2)14(3)12-15/h13-18H,4-12H2,1-3H3. The van der Waals surface area contributed by atoms with E-state index in [1.54, 1.807) is 0 Å². The lowest BCUT2D eigenvalue weighted by Crippen LogP contribution is -2.49. The molecule has 1 aliphatic heterocycles. The van der Waals surface area contributed by atoms with Crippen molar-refractivity contribution in [2.45, 2.75) is 77.9 Å². The van der Waals surface area contributed by atoms with Crippen molar-refractivity contribution in [3.05, 3.63) is 0 Å². The van der Waals surface area contributed by atoms with Crippen LogP contribution in [0.4, 0.5) is 0 Å². The van der Waals surface area contributed by atoms with Crippen LogP contribution in [-0.4, -0.2) is 25.3 Å². The monoisotopic (exact) mass is 267 g/mol. The Balaban J connectivity index is 1.95. The van der Waals surface area contributed by atoms with Gasteiger partial charge in [-0.25, -0.2) is 0 Å². The summed E-state index contributed by atoms with van der Waals surface area (Å²) >= 11 is 0. The first-order valence-electron chi connectivity index (χ1n) is 8.57. The van der Waals surface area contributed by atoms with Gasteiger partial charge < -0.3 is 10.1 Å². The Morgan fingerprint density at radius 3 is 2.58 bits per heavy atom. The molecule has 2 heteroatoms. The van der Waals surface area contributed by atoms with Crippen LogP contribution in [0, 0.1) is 17.8 Å². The van der Waals surface area contributed by atoms with Crippen LogP contribution in [-0.2, 0) is 4.74 Å². The SMILES string of the molecule is CCCNC(C1CCC(C)C(C)C1)C1CCCCO1. The van der Waals surface area contributed by atoms with Crippen LogP contribution in [0.5, 0.6) is 0 Å². The van der Waals surface area contributed by atoms with E-state index in [9.17, 15) is 0 Å². The molecular weight excluding hydrogens is 234 g/mol. The Morgan fingerprint density at radius 1 is 1.11 bits per heavy atom. The highest BCUT2D eigenvalue weighted by atomic mass is 16.5. The van der Waals surface area contributed by atoms with E-state index in [1.807, 2.05) is 0 Å². The molecule has 1 aliphatic carbocycles. The lowest BCUT2D eigenvalue weighted by Gasteiger charge is -2.41. The van der Waals surface area contributed by atoms with Crippen LogP contribution in [0.1, 0.15) is 65.7 Å². The van der Waals surface area contributed by atoms with Gasteiger partial charge in [0.25, 0.3) is 0 Å². The first kappa shape index (κ1) is 15.3. The average Bonchev–Trinajstić information content (AvgIpc) is 2.44. The predicted molar refractivity (Wildman–Crippen MR) is 81.3 cm³/mol. The van der Waals surface area contributed by atoms with Crippen LogP contribution in [0.2, 0.25) is 0 Å². The summed E-state index contributed by atoms with van der Waals surface area (Å²) < 4.78 is 6.09. The lowest BCUT2D eigenvalue weighted by atomic mass is 9.71. The topological polar surface area (TPSA) is 21.3 Å². The zero-order chi connectivity index (χ0) is 13.7. The van der Waals surface area contributed by atoms with E-state index in [0.717, 1.165) is 30.9 Å². The minimum absolute atomic E-state index is 0.478. The molecule has 0 aromatic heterocycles. The fourth-order valence-electron chi connectivity index (χ4n) is 3.88. The molecule has 0 bridgehead atoms. The summed E-state index contributed by atoms with van der Waals surface area (Å²) in [5, 5.41) is 3.82. The first-order valence-corrected chi connectivity index (χ1v) is 8.57. The molecule has 19 heavy (non-hydrogen) atoms. The van der Waals surface area contributed by atoms with Gasteiger partial charge in [-0.3, -0.25) is 0 Å². The summed E-state index contributed by atoms with van der Waals surface area (Å²) in [6, 6.07) is 0.607. The third kappa shape index (κ3) is 4.19. The molecule has 1 heterocycles. The highest BCUT2D eigenvalue weighted by Gasteiger charge is 2.35. The molecule has 112 valence electrons. The summed E-state index contributed by atoms with van der Waals surface area (Å²) in [5.74, 6) is 2.63. The van der Waals surface area contributed by atoms with E-state index in [2.05, 4.69) is 26.1 Å². The van der Waals surface area contributed by atoms with Crippen molar-refractivity contribution in [1.82, 2.24) is 5.32 Å². The van der Waals surface area contributed by atoms with E-state index >= 15 is 0 Å². The molecule has 0 spiro atoms. The van der Waals surface area contributed by atoms with E-state index in [0.29, 0.717) is 12.1 Å². The van der Waals surface area contributed by atoms with Gasteiger partial charge >= 0.3 is 0 Å². The van der Waals surface area contributed by atoms with Gasteiger partial charge in [0.15, 0.2) is 0 Å². The summed E-state index contributed by atoms with van der Waals surface area (Å²) in [7, 11) is 0. The number of hydrogen-bond acceptors (Lipinski definition) is 2. The number of rotatable bonds is 5. The van der Waals surface area contributed by atoms with Gasteiger partial charge in [-0.15, -0.1) is 0 Å². The third-order valence-corrected chi connectivity index (χ3v) is 5.39. The van der Waals surface area contributed by atoms with Gasteiger partial charge in [-0.2, -0.15) is 0 Å². The molecule has 1 saturated heterocycles. The largest absolute Gasteiger partial charge is 0.377 e. The summed E-state index contributed by atoms with van der Waals surface area (Å²) in [5.41, 5.74) is 0. The Labute approximate surface area is 119 Å². The third-order valence-electron chi connectivity index (χ3n) is 5.39. The molecule has 1 saturated carbocycles. The molecule has 1 N–H and O–H groups in total. The van der Waals surface area contributed by atoms with Gasteiger partial charge in [-0.05, 0) is 62.8 Å². The lowest BCUT2D eigenvalue weighted by molar-refractivity contribution is -0.0299. The van der Waals surface area contributed by atoms with Gasteiger partial charge in [0.05, 0.1) is 6.10 Å². The molecule has 2 nitrogen and oxygen atoms in total. The maximum atomic E-state index is 6.09. The molecule has 2 fully saturated rings. The second kappa shape index (κ2) is 7.64. The van der Waals surface area contributed by atoms with Crippen molar-refractivity contribution in [3.63, 3.8) is 0 Å². The second-order valence-electron chi connectivity index (χ2n) is 6.91. The highest BCUT2D eigenvalue weighted by molar-refractivity contribution is 4.89. The van der Waals surface area contributed by atoms with Crippen LogP contribution in [0.15, 0.2) is 0 Å². The van der Waals surface area contributed by atoms with Crippen LogP contribution < -0.4 is 5.32 Å². The van der Waals surface area contributed by atoms with Crippen molar-refractivity contribution >= 4 is 0 Å². The van der Waals surface area contributed by atoms with E-state index in [-0.39, 0.29) is 0 Å². The van der Waals surface area contributed by atoms with Crippen LogP contribution in [0.25, 0.3) is 0 Å². The van der Waals surface area contributed by atoms with Crippen molar-refractivity contribution in [2.24, 2.45) is 17.8 Å². The van der Waals surface area contributed by atoms with Crippen molar-refractivity contribution < 1.29 is 4.74 Å². The summed E-state index contributed by atoms with van der Waals surface area (Å²) in [6.07, 6.45) is 9.77. The smallest absolute Gasteiger partial charge is 0.0730 e. The Morgan fingerprint density at radius 2 is 1.95 bits per heavy atom. The first-order chi connectivity index (χ1) is 9.22. The Kier molecular flexibility index (Phi) is 6.15. The van der Waals surface area contributed by atoms with Crippen molar-refractivity contribution in [2.75, 3.05) is 13.2 Å². The van der Waals surface area contributed by atoms with Crippen LogP contribution in [0.3, 0.4) is 0 Å². The molecule has 0 radical (unpaired) electrons. The quantitative estimate of drug-likeness (QED) is 0.813. The summed E-state index contributed by atoms with van der Waals surface area (Å²) in [4.78, 5) is 0. The molecule has 2 rings (SSSR count). The van der Waals surface area contributed by atoms with Gasteiger partial charge in [-0.1, -0.05) is 27.2 Å². The minimum atomic E-state index is 0.478. The zero-order valence-electron chi connectivity index (χ0n) is 13.2. The van der Waals surface area contributed by atoms with Gasteiger partial charge in [0.1, 0.15) is 0 Å². The average molecular weight is 267 g/mol. The van der Waals surface area contributed by atoms with E-state index < -0.39 is 0 Å². The van der Waals surface area contributed by atoms with E-state index in [4.69, 9.17) is 4.74 Å². The molecule has 0 aromatic rings. The molecule has 5 atom stereocenters. The maximum Gasteiger partial charge on any atom is 0.0730 e. The molecule has 2 aliphatic rings. The van der Waals surface area contributed by atoms with Crippen molar-refractivity contribution in [1.29, 1.82) is 0 Å². The predicted octanol–water partition coefficient (Wildman–Crippen LogP) is 4.00. The molecule has 0 aromatic carbocycles. The zero-order valence-corrected chi connectivity index (χ0v) is 13.2. The molecule has 0 amide bonds. The van der Waals surface area contributed by atoms with Crippen molar-refractivity contribution in [3.8, 4) is 0 Å². The van der Waals surface area contributed by atoms with Gasteiger partial charge in [0.2, 0.25) is 0 Å². The second-order valence-corrected chi connectivity index (χ2v) is 6.91.